The van der Waals surface area contributed by atoms with Crippen molar-refractivity contribution in [2.45, 2.75) is 59.1 Å². The van der Waals surface area contributed by atoms with Crippen LogP contribution in [0.15, 0.2) is 12.3 Å². The first-order chi connectivity index (χ1) is 16.9. The third-order valence-corrected chi connectivity index (χ3v) is 6.31. The molecule has 36 heavy (non-hydrogen) atoms. The third-order valence-electron chi connectivity index (χ3n) is 6.06. The summed E-state index contributed by atoms with van der Waals surface area (Å²) in [5.74, 6) is -1.43. The van der Waals surface area contributed by atoms with Crippen LogP contribution in [0.5, 0.6) is 5.75 Å². The monoisotopic (exact) mass is 519 g/mol. The number of aromatic nitrogens is 2. The summed E-state index contributed by atoms with van der Waals surface area (Å²) in [6.07, 6.45) is 1.24. The zero-order valence-corrected chi connectivity index (χ0v) is 22.1. The van der Waals surface area contributed by atoms with E-state index in [1.165, 1.54) is 4.90 Å². The quantitative estimate of drug-likeness (QED) is 0.576. The number of hydrogen-bond donors (Lipinski definition) is 1. The van der Waals surface area contributed by atoms with Crippen LogP contribution in [0.3, 0.4) is 0 Å². The number of halogens is 2. The highest BCUT2D eigenvalue weighted by molar-refractivity contribution is 6.30. The second-order valence-corrected chi connectivity index (χ2v) is 10.7. The van der Waals surface area contributed by atoms with E-state index in [9.17, 15) is 9.59 Å². The van der Waals surface area contributed by atoms with Crippen LogP contribution in [0.4, 0.5) is 20.7 Å². The Morgan fingerprint density at radius 2 is 2.06 bits per heavy atom. The number of ether oxygens (including phenoxy) is 2. The molecule has 11 heteroatoms. The molecule has 0 spiro atoms. The van der Waals surface area contributed by atoms with E-state index in [1.807, 2.05) is 26.8 Å². The van der Waals surface area contributed by atoms with Gasteiger partial charge in [-0.15, -0.1) is 0 Å². The number of carbonyl (C=O) groups excluding carboxylic acids is 2. The molecule has 0 radical (unpaired) electrons. The van der Waals surface area contributed by atoms with Crippen molar-refractivity contribution in [1.82, 2.24) is 19.8 Å². The highest BCUT2D eigenvalue weighted by atomic mass is 35.5. The van der Waals surface area contributed by atoms with Gasteiger partial charge in [-0.25, -0.2) is 9.78 Å². The normalized spacial score (nSPS) is 17.8. The summed E-state index contributed by atoms with van der Waals surface area (Å²) in [6.45, 7) is 12.0. The van der Waals surface area contributed by atoms with Crippen LogP contribution < -0.4 is 10.1 Å². The number of nitrogens with zero attached hydrogens (tertiary/aromatic N) is 4. The molecule has 9 nitrogen and oxygen atoms in total. The van der Waals surface area contributed by atoms with Gasteiger partial charge in [0.1, 0.15) is 23.6 Å². The third kappa shape index (κ3) is 5.04. The number of aryl methyl sites for hydroxylation is 1. The van der Waals surface area contributed by atoms with Gasteiger partial charge >= 0.3 is 6.09 Å². The van der Waals surface area contributed by atoms with Crippen LogP contribution in [0.1, 0.15) is 62.2 Å². The number of piperazine rings is 1. The lowest BCUT2D eigenvalue weighted by molar-refractivity contribution is 0.000869. The lowest BCUT2D eigenvalue weighted by atomic mass is 10.0. The van der Waals surface area contributed by atoms with Crippen molar-refractivity contribution < 1.29 is 23.5 Å². The standard InChI is InChI=1S/C25H31ClFN5O4/c1-13(2)18-19(14(3)7-8-28-18)29-22-16-20(17(27)21(26)30-22)35-12-15-11-31(9-10-32(15)23(16)33)24(34)36-25(4,5)6/h7-8,13,15H,9-12H2,1-6H3,(H,29,30)/t15-/m0/s1. The van der Waals surface area contributed by atoms with Gasteiger partial charge in [0.25, 0.3) is 5.91 Å². The van der Waals surface area contributed by atoms with Crippen molar-refractivity contribution in [1.29, 1.82) is 0 Å². The minimum atomic E-state index is -0.901. The van der Waals surface area contributed by atoms with E-state index < -0.39 is 34.6 Å². The summed E-state index contributed by atoms with van der Waals surface area (Å²) in [5.41, 5.74) is 1.65. The van der Waals surface area contributed by atoms with E-state index in [-0.39, 0.29) is 49.3 Å². The average molecular weight is 520 g/mol. The minimum absolute atomic E-state index is 0.0160. The van der Waals surface area contributed by atoms with Crippen LogP contribution in [0, 0.1) is 12.7 Å². The number of anilines is 2. The Morgan fingerprint density at radius 3 is 2.72 bits per heavy atom. The summed E-state index contributed by atoms with van der Waals surface area (Å²) in [6, 6.07) is 1.34. The Hall–Kier alpha value is -3.14. The Kier molecular flexibility index (Phi) is 7.01. The van der Waals surface area contributed by atoms with E-state index in [1.54, 1.807) is 31.9 Å². The Bertz CT molecular complexity index is 1200. The molecule has 0 aromatic carbocycles. The maximum atomic E-state index is 15.1. The number of fused-ring (bicyclic) bond motifs is 2. The zero-order valence-electron chi connectivity index (χ0n) is 21.3. The molecule has 2 aliphatic rings. The maximum absolute atomic E-state index is 15.1. The number of pyridine rings is 2. The predicted octanol–water partition coefficient (Wildman–Crippen LogP) is 4.90. The first-order valence-corrected chi connectivity index (χ1v) is 12.3. The SMILES string of the molecule is Cc1ccnc(C(C)C)c1Nc1nc(Cl)c(F)c2c1C(=O)N1CCN(C(=O)OC(C)(C)C)C[C@H]1CO2. The van der Waals surface area contributed by atoms with Crippen molar-refractivity contribution in [2.24, 2.45) is 0 Å². The molecular weight excluding hydrogens is 489 g/mol. The van der Waals surface area contributed by atoms with Gasteiger partial charge in [-0.1, -0.05) is 25.4 Å². The van der Waals surface area contributed by atoms with Crippen molar-refractivity contribution in [3.8, 4) is 5.75 Å². The smallest absolute Gasteiger partial charge is 0.410 e. The van der Waals surface area contributed by atoms with Crippen molar-refractivity contribution in [3.05, 3.63) is 40.1 Å². The van der Waals surface area contributed by atoms with Gasteiger partial charge in [0.15, 0.2) is 10.9 Å². The molecule has 2 aliphatic heterocycles. The van der Waals surface area contributed by atoms with Crippen LogP contribution in [0.25, 0.3) is 0 Å². The molecule has 1 fully saturated rings. The molecule has 0 saturated carbocycles. The van der Waals surface area contributed by atoms with Gasteiger partial charge in [-0.3, -0.25) is 9.78 Å². The van der Waals surface area contributed by atoms with Gasteiger partial charge in [0.05, 0.1) is 17.4 Å². The molecule has 0 aliphatic carbocycles. The molecule has 0 unspecified atom stereocenters. The molecule has 2 amide bonds. The second-order valence-electron chi connectivity index (χ2n) is 10.3. The topological polar surface area (TPSA) is 96.9 Å². The van der Waals surface area contributed by atoms with Crippen molar-refractivity contribution >= 4 is 35.1 Å². The van der Waals surface area contributed by atoms with Gasteiger partial charge in [-0.2, -0.15) is 4.39 Å². The minimum Gasteiger partial charge on any atom is -0.487 e. The van der Waals surface area contributed by atoms with E-state index >= 15 is 4.39 Å². The van der Waals surface area contributed by atoms with Crippen LogP contribution in [-0.4, -0.2) is 69.7 Å². The molecule has 194 valence electrons. The summed E-state index contributed by atoms with van der Waals surface area (Å²) in [7, 11) is 0. The van der Waals surface area contributed by atoms with Gasteiger partial charge in [0.2, 0.25) is 5.82 Å². The fraction of sp³-hybridized carbons (Fsp3) is 0.520. The first kappa shape index (κ1) is 25.9. The number of hydrogen-bond acceptors (Lipinski definition) is 7. The van der Waals surface area contributed by atoms with E-state index in [0.717, 1.165) is 11.3 Å². The number of nitrogens with one attached hydrogen (secondary N) is 1. The maximum Gasteiger partial charge on any atom is 0.410 e. The molecule has 0 bridgehead atoms. The van der Waals surface area contributed by atoms with Crippen molar-refractivity contribution in [2.75, 3.05) is 31.6 Å². The summed E-state index contributed by atoms with van der Waals surface area (Å²) in [4.78, 5) is 38.1. The Labute approximate surface area is 214 Å². The molecule has 1 atom stereocenters. The fourth-order valence-electron chi connectivity index (χ4n) is 4.32. The Morgan fingerprint density at radius 1 is 1.33 bits per heavy atom. The zero-order chi connectivity index (χ0) is 26.4. The number of carbonyl (C=O) groups is 2. The molecule has 1 N–H and O–H groups in total. The Balaban J connectivity index is 1.69. The van der Waals surface area contributed by atoms with E-state index in [0.29, 0.717) is 5.69 Å². The highest BCUT2D eigenvalue weighted by Gasteiger charge is 2.41. The van der Waals surface area contributed by atoms with Crippen molar-refractivity contribution in [3.63, 3.8) is 0 Å². The number of rotatable bonds is 3. The van der Waals surface area contributed by atoms with Crippen LogP contribution in [-0.2, 0) is 4.74 Å². The van der Waals surface area contributed by atoms with E-state index in [2.05, 4.69) is 15.3 Å². The molecular formula is C25H31ClFN5O4. The molecule has 4 heterocycles. The number of amides is 2. The lowest BCUT2D eigenvalue weighted by Crippen LogP contribution is -2.58. The average Bonchev–Trinajstić information content (AvgIpc) is 2.93. The van der Waals surface area contributed by atoms with Gasteiger partial charge in [0, 0.05) is 25.8 Å². The van der Waals surface area contributed by atoms with E-state index in [4.69, 9.17) is 21.1 Å². The first-order valence-electron chi connectivity index (χ1n) is 11.9. The summed E-state index contributed by atoms with van der Waals surface area (Å²) < 4.78 is 26.4. The molecule has 4 rings (SSSR count). The highest BCUT2D eigenvalue weighted by Crippen LogP contribution is 2.39. The predicted molar refractivity (Wildman–Crippen MR) is 134 cm³/mol. The largest absolute Gasteiger partial charge is 0.487 e. The van der Waals surface area contributed by atoms with Gasteiger partial charge < -0.3 is 24.6 Å². The summed E-state index contributed by atoms with van der Waals surface area (Å²) in [5, 5.41) is 2.78. The van der Waals surface area contributed by atoms with Gasteiger partial charge in [-0.05, 0) is 45.2 Å². The van der Waals surface area contributed by atoms with Crippen LogP contribution in [0.2, 0.25) is 5.15 Å². The lowest BCUT2D eigenvalue weighted by Gasteiger charge is -2.40. The fourth-order valence-corrected chi connectivity index (χ4v) is 4.49. The summed E-state index contributed by atoms with van der Waals surface area (Å²) >= 11 is 6.12. The molecule has 2 aromatic heterocycles. The second kappa shape index (κ2) is 9.72. The molecule has 1 saturated heterocycles. The molecule has 2 aromatic rings. The van der Waals surface area contributed by atoms with Crippen LogP contribution >= 0.6 is 11.6 Å².